The third-order valence-corrected chi connectivity index (χ3v) is 1.91. The molecule has 1 rings (SSSR count). The Labute approximate surface area is 85.4 Å². The molecule has 0 unspecified atom stereocenters. The zero-order valence-electron chi connectivity index (χ0n) is 9.01. The summed E-state index contributed by atoms with van der Waals surface area (Å²) in [4.78, 5) is 0. The second kappa shape index (κ2) is 6.62. The Bertz CT molecular complexity index is 245. The number of furan rings is 1. The molecule has 0 aromatic carbocycles. The van der Waals surface area contributed by atoms with Gasteiger partial charge in [-0.1, -0.05) is 6.92 Å². The second-order valence-electron chi connectivity index (χ2n) is 3.24. The van der Waals surface area contributed by atoms with Gasteiger partial charge >= 0.3 is 0 Å². The smallest absolute Gasteiger partial charge is 0.129 e. The van der Waals surface area contributed by atoms with E-state index in [1.54, 1.807) is 6.26 Å². The minimum absolute atomic E-state index is 0.574. The number of rotatable bonds is 7. The predicted octanol–water partition coefficient (Wildman–Crippen LogP) is 2.32. The average Bonchev–Trinajstić information content (AvgIpc) is 2.63. The molecule has 0 aliphatic rings. The van der Waals surface area contributed by atoms with E-state index in [-0.39, 0.29) is 0 Å². The van der Waals surface area contributed by atoms with Gasteiger partial charge in [0.25, 0.3) is 0 Å². The SMILES string of the molecule is CCCNCc1coc(COCC)c1. The van der Waals surface area contributed by atoms with E-state index in [9.17, 15) is 0 Å². The fourth-order valence-corrected chi connectivity index (χ4v) is 1.21. The number of ether oxygens (including phenoxy) is 1. The molecular weight excluding hydrogens is 178 g/mol. The summed E-state index contributed by atoms with van der Waals surface area (Å²) in [6.07, 6.45) is 2.95. The van der Waals surface area contributed by atoms with Crippen LogP contribution in [0.5, 0.6) is 0 Å². The summed E-state index contributed by atoms with van der Waals surface area (Å²) in [6, 6.07) is 2.04. The van der Waals surface area contributed by atoms with Gasteiger partial charge in [-0.3, -0.25) is 0 Å². The van der Waals surface area contributed by atoms with Crippen molar-refractivity contribution in [2.24, 2.45) is 0 Å². The Morgan fingerprint density at radius 1 is 1.43 bits per heavy atom. The van der Waals surface area contributed by atoms with E-state index in [1.165, 1.54) is 5.56 Å². The van der Waals surface area contributed by atoms with Gasteiger partial charge in [0.05, 0.1) is 6.26 Å². The minimum Gasteiger partial charge on any atom is -0.467 e. The molecule has 0 spiro atoms. The van der Waals surface area contributed by atoms with Crippen molar-refractivity contribution in [2.45, 2.75) is 33.4 Å². The molecule has 0 aliphatic heterocycles. The lowest BCUT2D eigenvalue weighted by molar-refractivity contribution is 0.118. The third kappa shape index (κ3) is 3.94. The monoisotopic (exact) mass is 197 g/mol. The Hall–Kier alpha value is -0.800. The summed E-state index contributed by atoms with van der Waals surface area (Å²) in [5, 5.41) is 3.32. The Balaban J connectivity index is 2.27. The molecule has 3 nitrogen and oxygen atoms in total. The number of nitrogens with one attached hydrogen (secondary N) is 1. The van der Waals surface area contributed by atoms with Crippen molar-refractivity contribution < 1.29 is 9.15 Å². The van der Waals surface area contributed by atoms with Gasteiger partial charge < -0.3 is 14.5 Å². The first-order chi connectivity index (χ1) is 6.86. The maximum absolute atomic E-state index is 5.33. The topological polar surface area (TPSA) is 34.4 Å². The maximum atomic E-state index is 5.33. The van der Waals surface area contributed by atoms with E-state index in [0.717, 1.165) is 31.9 Å². The van der Waals surface area contributed by atoms with E-state index in [4.69, 9.17) is 9.15 Å². The third-order valence-electron chi connectivity index (χ3n) is 1.91. The average molecular weight is 197 g/mol. The van der Waals surface area contributed by atoms with Crippen molar-refractivity contribution in [3.63, 3.8) is 0 Å². The highest BCUT2D eigenvalue weighted by atomic mass is 16.5. The molecule has 1 heterocycles. The quantitative estimate of drug-likeness (QED) is 0.681. The lowest BCUT2D eigenvalue weighted by atomic mass is 10.3. The summed E-state index contributed by atoms with van der Waals surface area (Å²) < 4.78 is 10.6. The first-order valence-electron chi connectivity index (χ1n) is 5.21. The molecule has 0 saturated heterocycles. The van der Waals surface area contributed by atoms with Crippen LogP contribution in [-0.4, -0.2) is 13.2 Å². The van der Waals surface area contributed by atoms with Crippen LogP contribution in [0.25, 0.3) is 0 Å². The van der Waals surface area contributed by atoms with Crippen molar-refractivity contribution in [3.8, 4) is 0 Å². The minimum atomic E-state index is 0.574. The summed E-state index contributed by atoms with van der Waals surface area (Å²) in [5.74, 6) is 0.903. The van der Waals surface area contributed by atoms with Crippen molar-refractivity contribution in [2.75, 3.05) is 13.2 Å². The van der Waals surface area contributed by atoms with Gasteiger partial charge in [-0.15, -0.1) is 0 Å². The van der Waals surface area contributed by atoms with E-state index < -0.39 is 0 Å². The van der Waals surface area contributed by atoms with Crippen molar-refractivity contribution >= 4 is 0 Å². The van der Waals surface area contributed by atoms with E-state index in [1.807, 2.05) is 13.0 Å². The number of hydrogen-bond acceptors (Lipinski definition) is 3. The summed E-state index contributed by atoms with van der Waals surface area (Å²) in [7, 11) is 0. The number of hydrogen-bond donors (Lipinski definition) is 1. The lowest BCUT2D eigenvalue weighted by Gasteiger charge is -1.98. The first-order valence-corrected chi connectivity index (χ1v) is 5.21. The molecule has 0 atom stereocenters. The molecule has 80 valence electrons. The Morgan fingerprint density at radius 2 is 2.29 bits per heavy atom. The van der Waals surface area contributed by atoms with E-state index >= 15 is 0 Å². The normalized spacial score (nSPS) is 10.7. The van der Waals surface area contributed by atoms with Crippen LogP contribution in [0.4, 0.5) is 0 Å². The Kier molecular flexibility index (Phi) is 5.33. The zero-order chi connectivity index (χ0) is 10.2. The van der Waals surface area contributed by atoms with Gasteiger partial charge in [0.2, 0.25) is 0 Å². The van der Waals surface area contributed by atoms with E-state index in [2.05, 4.69) is 12.2 Å². The molecule has 0 amide bonds. The van der Waals surface area contributed by atoms with Gasteiger partial charge in [0, 0.05) is 18.7 Å². The molecule has 1 aromatic rings. The van der Waals surface area contributed by atoms with Crippen LogP contribution >= 0.6 is 0 Å². The molecule has 1 aromatic heterocycles. The van der Waals surface area contributed by atoms with Gasteiger partial charge in [-0.05, 0) is 26.0 Å². The molecule has 0 bridgehead atoms. The fraction of sp³-hybridized carbons (Fsp3) is 0.636. The van der Waals surface area contributed by atoms with Gasteiger partial charge in [0.15, 0.2) is 0 Å². The van der Waals surface area contributed by atoms with Crippen LogP contribution in [0, 0.1) is 0 Å². The zero-order valence-corrected chi connectivity index (χ0v) is 9.01. The fourth-order valence-electron chi connectivity index (χ4n) is 1.21. The molecule has 1 N–H and O–H groups in total. The van der Waals surface area contributed by atoms with Crippen LogP contribution in [0.2, 0.25) is 0 Å². The first kappa shape index (κ1) is 11.3. The summed E-state index contributed by atoms with van der Waals surface area (Å²) in [5.41, 5.74) is 1.19. The molecule has 14 heavy (non-hydrogen) atoms. The molecule has 0 aliphatic carbocycles. The second-order valence-corrected chi connectivity index (χ2v) is 3.24. The lowest BCUT2D eigenvalue weighted by Crippen LogP contribution is -2.13. The molecular formula is C11H19NO2. The van der Waals surface area contributed by atoms with Crippen molar-refractivity contribution in [3.05, 3.63) is 23.7 Å². The van der Waals surface area contributed by atoms with Gasteiger partial charge in [0.1, 0.15) is 12.4 Å². The molecule has 0 saturated carbocycles. The van der Waals surface area contributed by atoms with Crippen LogP contribution in [0.1, 0.15) is 31.6 Å². The van der Waals surface area contributed by atoms with Crippen LogP contribution in [0.15, 0.2) is 16.7 Å². The summed E-state index contributed by atoms with van der Waals surface area (Å²) >= 11 is 0. The van der Waals surface area contributed by atoms with Gasteiger partial charge in [-0.25, -0.2) is 0 Å². The van der Waals surface area contributed by atoms with E-state index in [0.29, 0.717) is 6.61 Å². The van der Waals surface area contributed by atoms with Crippen LogP contribution < -0.4 is 5.32 Å². The molecule has 3 heteroatoms. The summed E-state index contributed by atoms with van der Waals surface area (Å²) in [6.45, 7) is 7.36. The highest BCUT2D eigenvalue weighted by Gasteiger charge is 2.00. The molecule has 0 fully saturated rings. The maximum Gasteiger partial charge on any atom is 0.129 e. The Morgan fingerprint density at radius 3 is 3.00 bits per heavy atom. The largest absolute Gasteiger partial charge is 0.467 e. The van der Waals surface area contributed by atoms with Crippen molar-refractivity contribution in [1.29, 1.82) is 0 Å². The highest BCUT2D eigenvalue weighted by molar-refractivity contribution is 5.11. The highest BCUT2D eigenvalue weighted by Crippen LogP contribution is 2.08. The van der Waals surface area contributed by atoms with Crippen LogP contribution in [-0.2, 0) is 17.9 Å². The predicted molar refractivity (Wildman–Crippen MR) is 56.0 cm³/mol. The van der Waals surface area contributed by atoms with Gasteiger partial charge in [-0.2, -0.15) is 0 Å². The van der Waals surface area contributed by atoms with Crippen LogP contribution in [0.3, 0.4) is 0 Å². The molecule has 0 radical (unpaired) electrons. The van der Waals surface area contributed by atoms with Crippen molar-refractivity contribution in [1.82, 2.24) is 5.32 Å². The standard InChI is InChI=1S/C11H19NO2/c1-3-5-12-7-10-6-11(14-8-10)9-13-4-2/h6,8,12H,3-5,7,9H2,1-2H3.